The molecule has 3 aliphatic heterocycles. The van der Waals surface area contributed by atoms with Crippen LogP contribution in [0.25, 0.3) is 5.70 Å². The van der Waals surface area contributed by atoms with E-state index in [0.717, 1.165) is 26.9 Å². The lowest BCUT2D eigenvalue weighted by Gasteiger charge is -2.39. The minimum Gasteiger partial charge on any atom is -0.478 e. The Morgan fingerprint density at radius 1 is 0.947 bits per heavy atom. The number of allylic oxidation sites excluding steroid dienone is 1. The van der Waals surface area contributed by atoms with Gasteiger partial charge < -0.3 is 30.3 Å². The number of likely N-dealkylation sites (N-methyl/N-ethyl adjacent to an activating group) is 1. The first kappa shape index (κ1) is 23.7. The van der Waals surface area contributed by atoms with E-state index in [1.165, 1.54) is 18.3 Å². The standard InChI is InChI=1S/C29H24N4O4S/c1-32-11-10-19(33-23-6-2-4-8-26(23)38-27-9-5-3-7-24(27)33)15-25(32)22-13-17(28(34)35)12-21(31-22)20-14-18(16-30-20)29(36)37/h2-16,22,25,30-31H,1H3,(H,34,35)(H,36,37). The number of aromatic carboxylic acids is 1. The summed E-state index contributed by atoms with van der Waals surface area (Å²) in [5.41, 5.74) is 4.41. The van der Waals surface area contributed by atoms with Gasteiger partial charge in [-0.15, -0.1) is 0 Å². The van der Waals surface area contributed by atoms with Crippen LogP contribution in [0.1, 0.15) is 16.1 Å². The number of anilines is 2. The topological polar surface area (TPSA) is 109 Å². The average Bonchev–Trinajstić information content (AvgIpc) is 3.43. The molecule has 2 atom stereocenters. The molecule has 38 heavy (non-hydrogen) atoms. The van der Waals surface area contributed by atoms with Crippen LogP contribution in [0.5, 0.6) is 0 Å². The number of benzene rings is 2. The molecule has 8 nitrogen and oxygen atoms in total. The highest BCUT2D eigenvalue weighted by Crippen LogP contribution is 2.50. The number of rotatable bonds is 5. The Morgan fingerprint density at radius 2 is 1.63 bits per heavy atom. The summed E-state index contributed by atoms with van der Waals surface area (Å²) >= 11 is 1.74. The van der Waals surface area contributed by atoms with Crippen molar-refractivity contribution in [2.75, 3.05) is 11.9 Å². The lowest BCUT2D eigenvalue weighted by Crippen LogP contribution is -2.47. The van der Waals surface area contributed by atoms with Crippen molar-refractivity contribution in [3.63, 3.8) is 0 Å². The van der Waals surface area contributed by atoms with Crippen molar-refractivity contribution < 1.29 is 19.8 Å². The predicted molar refractivity (Wildman–Crippen MR) is 146 cm³/mol. The van der Waals surface area contributed by atoms with Crippen LogP contribution in [0.3, 0.4) is 0 Å². The minimum absolute atomic E-state index is 0.103. The number of aromatic amines is 1. The normalized spacial score (nSPS) is 20.0. The predicted octanol–water partition coefficient (Wildman–Crippen LogP) is 5.05. The van der Waals surface area contributed by atoms with Crippen molar-refractivity contribution in [2.45, 2.75) is 21.9 Å². The van der Waals surface area contributed by atoms with Crippen LogP contribution in [0.4, 0.5) is 11.4 Å². The Labute approximate surface area is 223 Å². The van der Waals surface area contributed by atoms with Gasteiger partial charge in [0.2, 0.25) is 0 Å². The van der Waals surface area contributed by atoms with Crippen LogP contribution in [0, 0.1) is 0 Å². The fraction of sp³-hybridized carbons (Fsp3) is 0.103. The number of carboxylic acids is 2. The lowest BCUT2D eigenvalue weighted by atomic mass is 9.95. The molecule has 190 valence electrons. The molecule has 0 spiro atoms. The molecule has 3 aliphatic rings. The highest BCUT2D eigenvalue weighted by molar-refractivity contribution is 7.99. The fourth-order valence-corrected chi connectivity index (χ4v) is 5.99. The Bertz CT molecular complexity index is 1540. The molecule has 2 aromatic carbocycles. The van der Waals surface area contributed by atoms with Crippen LogP contribution in [-0.4, -0.2) is 51.2 Å². The molecule has 0 fully saturated rings. The van der Waals surface area contributed by atoms with E-state index in [1.807, 2.05) is 42.4 Å². The molecule has 6 rings (SSSR count). The summed E-state index contributed by atoms with van der Waals surface area (Å²) in [6, 6.07) is 17.4. The molecule has 0 aliphatic carbocycles. The quantitative estimate of drug-likeness (QED) is 0.367. The number of fused-ring (bicyclic) bond motifs is 2. The average molecular weight is 525 g/mol. The number of hydrogen-bond donors (Lipinski definition) is 4. The Balaban J connectivity index is 1.39. The highest BCUT2D eigenvalue weighted by Gasteiger charge is 2.32. The maximum atomic E-state index is 12.0. The fourth-order valence-electron chi connectivity index (χ4n) is 4.94. The second kappa shape index (κ2) is 9.35. The number of aliphatic carboxylic acids is 1. The molecule has 0 saturated carbocycles. The van der Waals surface area contributed by atoms with E-state index in [2.05, 4.69) is 51.6 Å². The van der Waals surface area contributed by atoms with Crippen LogP contribution < -0.4 is 10.2 Å². The number of aromatic nitrogens is 1. The van der Waals surface area contributed by atoms with Gasteiger partial charge >= 0.3 is 11.9 Å². The molecule has 4 N–H and O–H groups in total. The largest absolute Gasteiger partial charge is 0.478 e. The maximum absolute atomic E-state index is 12.0. The summed E-state index contributed by atoms with van der Waals surface area (Å²) in [5.74, 6) is -2.10. The van der Waals surface area contributed by atoms with Gasteiger partial charge in [0.05, 0.1) is 46.0 Å². The van der Waals surface area contributed by atoms with E-state index in [4.69, 9.17) is 0 Å². The molecule has 1 aromatic heterocycles. The van der Waals surface area contributed by atoms with E-state index < -0.39 is 18.0 Å². The third kappa shape index (κ3) is 4.16. The van der Waals surface area contributed by atoms with Gasteiger partial charge in [-0.25, -0.2) is 9.59 Å². The number of H-pyrrole nitrogens is 1. The number of para-hydroxylation sites is 2. The van der Waals surface area contributed by atoms with Crippen LogP contribution in [-0.2, 0) is 4.79 Å². The van der Waals surface area contributed by atoms with Crippen LogP contribution in [0.2, 0.25) is 0 Å². The molecule has 0 amide bonds. The number of carbonyl (C=O) groups is 2. The third-order valence-corrected chi connectivity index (χ3v) is 7.93. The van der Waals surface area contributed by atoms with E-state index in [1.54, 1.807) is 17.8 Å². The zero-order chi connectivity index (χ0) is 26.4. The summed E-state index contributed by atoms with van der Waals surface area (Å²) in [7, 11) is 1.95. The first-order valence-corrected chi connectivity index (χ1v) is 12.8. The van der Waals surface area contributed by atoms with Crippen LogP contribution >= 0.6 is 11.8 Å². The second-order valence-electron chi connectivity index (χ2n) is 9.20. The zero-order valence-electron chi connectivity index (χ0n) is 20.3. The van der Waals surface area contributed by atoms with Gasteiger partial charge in [0.1, 0.15) is 0 Å². The van der Waals surface area contributed by atoms with Crippen LogP contribution in [0.15, 0.2) is 112 Å². The van der Waals surface area contributed by atoms with E-state index in [9.17, 15) is 19.8 Å². The summed E-state index contributed by atoms with van der Waals surface area (Å²) < 4.78 is 0. The number of nitrogens with one attached hydrogen (secondary N) is 2. The smallest absolute Gasteiger partial charge is 0.337 e. The molecule has 9 heteroatoms. The third-order valence-electron chi connectivity index (χ3n) is 6.80. The van der Waals surface area contributed by atoms with Crippen molar-refractivity contribution in [2.24, 2.45) is 0 Å². The van der Waals surface area contributed by atoms with Crippen molar-refractivity contribution in [1.29, 1.82) is 0 Å². The number of nitrogens with zero attached hydrogens (tertiary/aromatic N) is 2. The number of hydrogen-bond acceptors (Lipinski definition) is 6. The van der Waals surface area contributed by atoms with Gasteiger partial charge in [0.25, 0.3) is 0 Å². The molecule has 0 bridgehead atoms. The monoisotopic (exact) mass is 524 g/mol. The molecule has 0 radical (unpaired) electrons. The lowest BCUT2D eigenvalue weighted by molar-refractivity contribution is -0.132. The van der Waals surface area contributed by atoms with Gasteiger partial charge in [-0.1, -0.05) is 36.0 Å². The Kier molecular flexibility index (Phi) is 5.84. The zero-order valence-corrected chi connectivity index (χ0v) is 21.1. The molecule has 0 saturated heterocycles. The summed E-state index contributed by atoms with van der Waals surface area (Å²) in [4.78, 5) is 33.0. The summed E-state index contributed by atoms with van der Waals surface area (Å²) in [6.07, 6.45) is 10.8. The minimum atomic E-state index is -1.06. The molecule has 3 aromatic rings. The van der Waals surface area contributed by atoms with Gasteiger partial charge in [-0.05, 0) is 54.6 Å². The van der Waals surface area contributed by atoms with Gasteiger partial charge in [-0.2, -0.15) is 0 Å². The highest BCUT2D eigenvalue weighted by atomic mass is 32.2. The molecule has 4 heterocycles. The summed E-state index contributed by atoms with van der Waals surface area (Å²) in [5, 5.41) is 22.6. The number of dihydropyridines is 1. The van der Waals surface area contributed by atoms with Gasteiger partial charge in [-0.3, -0.25) is 0 Å². The Morgan fingerprint density at radius 3 is 2.26 bits per heavy atom. The van der Waals surface area contributed by atoms with Crippen molar-refractivity contribution in [3.05, 3.63) is 114 Å². The van der Waals surface area contributed by atoms with E-state index >= 15 is 0 Å². The molecular weight excluding hydrogens is 500 g/mol. The first-order chi connectivity index (χ1) is 18.4. The molecular formula is C29H24N4O4S. The number of carboxylic acid groups (broad SMARTS) is 2. The summed E-state index contributed by atoms with van der Waals surface area (Å²) in [6.45, 7) is 0. The van der Waals surface area contributed by atoms with Gasteiger partial charge in [0, 0.05) is 34.9 Å². The second-order valence-corrected chi connectivity index (χ2v) is 10.3. The SMILES string of the molecule is CN1C=CC(N2c3ccccc3Sc3ccccc32)=CC1C1C=C(C(=O)O)C=C(c2cc(C(=O)O)c[nH]2)N1. The van der Waals surface area contributed by atoms with E-state index in [0.29, 0.717) is 11.4 Å². The van der Waals surface area contributed by atoms with E-state index in [-0.39, 0.29) is 17.2 Å². The van der Waals surface area contributed by atoms with Crippen molar-refractivity contribution >= 4 is 40.8 Å². The van der Waals surface area contributed by atoms with Gasteiger partial charge in [0.15, 0.2) is 0 Å². The van der Waals surface area contributed by atoms with Crippen molar-refractivity contribution in [1.82, 2.24) is 15.2 Å². The Hall–Kier alpha value is -4.63. The van der Waals surface area contributed by atoms with Crippen molar-refractivity contribution in [3.8, 4) is 0 Å². The molecule has 2 unspecified atom stereocenters. The first-order valence-electron chi connectivity index (χ1n) is 12.0. The maximum Gasteiger partial charge on any atom is 0.337 e.